The van der Waals surface area contributed by atoms with Gasteiger partial charge in [0.05, 0.1) is 0 Å². The summed E-state index contributed by atoms with van der Waals surface area (Å²) in [5.74, 6) is -0.234. The van der Waals surface area contributed by atoms with Crippen molar-refractivity contribution in [1.29, 1.82) is 0 Å². The van der Waals surface area contributed by atoms with Gasteiger partial charge in [-0.15, -0.1) is 0 Å². The molecular formula is C13H14N4O2. The highest BCUT2D eigenvalue weighted by atomic mass is 16.5. The second-order valence-corrected chi connectivity index (χ2v) is 4.65. The molecule has 0 radical (unpaired) electrons. The largest absolute Gasteiger partial charge is 0.451 e. The molecular weight excluding hydrogens is 244 g/mol. The lowest BCUT2D eigenvalue weighted by Crippen LogP contribution is -2.26. The third-order valence-corrected chi connectivity index (χ3v) is 3.05. The van der Waals surface area contributed by atoms with Gasteiger partial charge in [-0.3, -0.25) is 4.79 Å². The maximum absolute atomic E-state index is 11.8. The molecule has 1 aliphatic heterocycles. The van der Waals surface area contributed by atoms with Gasteiger partial charge < -0.3 is 14.6 Å². The number of aromatic nitrogens is 2. The smallest absolute Gasteiger partial charge is 0.295 e. The van der Waals surface area contributed by atoms with E-state index in [1.807, 2.05) is 18.3 Å². The van der Waals surface area contributed by atoms with Crippen molar-refractivity contribution in [3.8, 4) is 0 Å². The van der Waals surface area contributed by atoms with Crippen LogP contribution < -0.4 is 0 Å². The third kappa shape index (κ3) is 2.05. The Balaban J connectivity index is 1.82. The Labute approximate surface area is 110 Å². The fourth-order valence-electron chi connectivity index (χ4n) is 2.09. The molecule has 2 aromatic rings. The average Bonchev–Trinajstić information content (AvgIpc) is 2.96. The Morgan fingerprint density at radius 1 is 1.47 bits per heavy atom. The summed E-state index contributed by atoms with van der Waals surface area (Å²) in [6.07, 6.45) is 3.54. The summed E-state index contributed by atoms with van der Waals surface area (Å²) in [4.78, 5) is 24.7. The zero-order valence-electron chi connectivity index (χ0n) is 10.8. The number of carbonyl (C=O) groups excluding carboxylic acids is 1. The Morgan fingerprint density at radius 2 is 2.32 bits per heavy atom. The summed E-state index contributed by atoms with van der Waals surface area (Å²) in [6.45, 7) is 0. The maximum atomic E-state index is 11.8. The number of hydrogen-bond donors (Lipinski definition) is 1. The summed E-state index contributed by atoms with van der Waals surface area (Å²) in [7, 11) is 3.59. The monoisotopic (exact) mass is 258 g/mol. The van der Waals surface area contributed by atoms with Crippen LogP contribution in [0, 0.1) is 0 Å². The van der Waals surface area contributed by atoms with E-state index in [1.165, 1.54) is 0 Å². The number of pyridine rings is 1. The van der Waals surface area contributed by atoms with Crippen molar-refractivity contribution in [1.82, 2.24) is 14.9 Å². The summed E-state index contributed by atoms with van der Waals surface area (Å²) in [5, 5.41) is 1.01. The Morgan fingerprint density at radius 3 is 3.05 bits per heavy atom. The molecule has 1 unspecified atom stereocenters. The number of carbonyl (C=O) groups is 1. The highest BCUT2D eigenvalue weighted by molar-refractivity contribution is 5.98. The van der Waals surface area contributed by atoms with Gasteiger partial charge in [0.2, 0.25) is 0 Å². The maximum Gasteiger partial charge on any atom is 0.295 e. The lowest BCUT2D eigenvalue weighted by Gasteiger charge is -2.13. The predicted octanol–water partition coefficient (Wildman–Crippen LogP) is 0.948. The molecule has 1 atom stereocenters. The summed E-state index contributed by atoms with van der Waals surface area (Å²) in [5.41, 5.74) is 1.83. The lowest BCUT2D eigenvalue weighted by atomic mass is 10.1. The predicted molar refractivity (Wildman–Crippen MR) is 70.8 cm³/mol. The molecule has 98 valence electrons. The number of fused-ring (bicyclic) bond motifs is 1. The van der Waals surface area contributed by atoms with Crippen LogP contribution in [-0.4, -0.2) is 47.0 Å². The molecule has 0 aromatic carbocycles. The number of ether oxygens (including phenoxy) is 1. The summed E-state index contributed by atoms with van der Waals surface area (Å²) >= 11 is 0. The van der Waals surface area contributed by atoms with Gasteiger partial charge in [0, 0.05) is 38.3 Å². The molecule has 0 spiro atoms. The molecule has 6 heteroatoms. The molecule has 2 aromatic heterocycles. The molecule has 3 heterocycles. The molecule has 1 aliphatic rings. The number of H-pyrrole nitrogens is 1. The Bertz CT molecular complexity index is 659. The van der Waals surface area contributed by atoms with E-state index < -0.39 is 6.10 Å². The quantitative estimate of drug-likeness (QED) is 0.870. The number of aromatic amines is 1. The van der Waals surface area contributed by atoms with Gasteiger partial charge in [-0.1, -0.05) is 0 Å². The number of hydrogen-bond acceptors (Lipinski definition) is 4. The first-order valence-electron chi connectivity index (χ1n) is 6.02. The molecule has 1 amide bonds. The molecule has 0 fully saturated rings. The SMILES string of the molecule is CN(C)C1=NC(=O)C(Cc2c[nH]c3ncccc23)O1. The molecule has 0 aliphatic carbocycles. The van der Waals surface area contributed by atoms with E-state index in [-0.39, 0.29) is 5.91 Å². The standard InChI is InChI=1S/C13H14N4O2/c1-17(2)13-16-12(18)10(19-13)6-8-7-15-11-9(8)4-3-5-14-11/h3-5,7,10H,6H2,1-2H3,(H,14,15). The summed E-state index contributed by atoms with van der Waals surface area (Å²) < 4.78 is 5.55. The minimum Gasteiger partial charge on any atom is -0.451 e. The normalized spacial score (nSPS) is 18.5. The van der Waals surface area contributed by atoms with Crippen molar-refractivity contribution in [3.63, 3.8) is 0 Å². The fourth-order valence-corrected chi connectivity index (χ4v) is 2.09. The molecule has 6 nitrogen and oxygen atoms in total. The van der Waals surface area contributed by atoms with E-state index in [9.17, 15) is 4.79 Å². The van der Waals surface area contributed by atoms with Crippen LogP contribution in [0.2, 0.25) is 0 Å². The number of nitrogens with one attached hydrogen (secondary N) is 1. The van der Waals surface area contributed by atoms with Gasteiger partial charge in [0.25, 0.3) is 11.9 Å². The van der Waals surface area contributed by atoms with E-state index in [0.29, 0.717) is 12.4 Å². The molecule has 1 N–H and O–H groups in total. The van der Waals surface area contributed by atoms with Crippen LogP contribution in [0.3, 0.4) is 0 Å². The molecule has 0 saturated carbocycles. The Hall–Kier alpha value is -2.37. The number of amides is 1. The van der Waals surface area contributed by atoms with E-state index in [4.69, 9.17) is 4.74 Å². The van der Waals surface area contributed by atoms with E-state index >= 15 is 0 Å². The van der Waals surface area contributed by atoms with Gasteiger partial charge in [-0.25, -0.2) is 4.98 Å². The first-order chi connectivity index (χ1) is 9.15. The van der Waals surface area contributed by atoms with Gasteiger partial charge in [0.15, 0.2) is 6.10 Å². The van der Waals surface area contributed by atoms with Crippen LogP contribution in [0.25, 0.3) is 11.0 Å². The number of amidine groups is 1. The average molecular weight is 258 g/mol. The first-order valence-corrected chi connectivity index (χ1v) is 6.02. The van der Waals surface area contributed by atoms with Crippen molar-refractivity contribution in [2.75, 3.05) is 14.1 Å². The number of aliphatic imine (C=N–C) groups is 1. The zero-order chi connectivity index (χ0) is 13.4. The molecule has 0 saturated heterocycles. The molecule has 3 rings (SSSR count). The van der Waals surface area contributed by atoms with Gasteiger partial charge in [-0.05, 0) is 17.7 Å². The van der Waals surface area contributed by atoms with Crippen LogP contribution >= 0.6 is 0 Å². The van der Waals surface area contributed by atoms with Crippen molar-refractivity contribution >= 4 is 23.0 Å². The van der Waals surface area contributed by atoms with E-state index in [2.05, 4.69) is 15.0 Å². The van der Waals surface area contributed by atoms with Crippen LogP contribution in [0.1, 0.15) is 5.56 Å². The summed E-state index contributed by atoms with van der Waals surface area (Å²) in [6, 6.07) is 4.22. The van der Waals surface area contributed by atoms with Crippen molar-refractivity contribution in [2.24, 2.45) is 4.99 Å². The first kappa shape index (κ1) is 11.7. The second-order valence-electron chi connectivity index (χ2n) is 4.65. The third-order valence-electron chi connectivity index (χ3n) is 3.05. The molecule has 0 bridgehead atoms. The van der Waals surface area contributed by atoms with E-state index in [1.54, 1.807) is 25.2 Å². The topological polar surface area (TPSA) is 70.6 Å². The highest BCUT2D eigenvalue weighted by Gasteiger charge is 2.30. The van der Waals surface area contributed by atoms with Crippen molar-refractivity contribution < 1.29 is 9.53 Å². The second kappa shape index (κ2) is 4.38. The number of rotatable bonds is 2. The minimum absolute atomic E-state index is 0.234. The van der Waals surface area contributed by atoms with Gasteiger partial charge in [0.1, 0.15) is 5.65 Å². The van der Waals surface area contributed by atoms with Crippen LogP contribution in [-0.2, 0) is 16.0 Å². The van der Waals surface area contributed by atoms with Crippen molar-refractivity contribution in [3.05, 3.63) is 30.1 Å². The lowest BCUT2D eigenvalue weighted by molar-refractivity contribution is -0.122. The van der Waals surface area contributed by atoms with Gasteiger partial charge >= 0.3 is 0 Å². The Kier molecular flexibility index (Phi) is 2.70. The number of nitrogens with zero attached hydrogens (tertiary/aromatic N) is 3. The van der Waals surface area contributed by atoms with E-state index in [0.717, 1.165) is 16.6 Å². The fraction of sp³-hybridized carbons (Fsp3) is 0.308. The van der Waals surface area contributed by atoms with Crippen LogP contribution in [0.4, 0.5) is 0 Å². The highest BCUT2D eigenvalue weighted by Crippen LogP contribution is 2.20. The van der Waals surface area contributed by atoms with Crippen LogP contribution in [0.15, 0.2) is 29.5 Å². The zero-order valence-corrected chi connectivity index (χ0v) is 10.8. The van der Waals surface area contributed by atoms with Crippen molar-refractivity contribution in [2.45, 2.75) is 12.5 Å². The van der Waals surface area contributed by atoms with Crippen LogP contribution in [0.5, 0.6) is 0 Å². The van der Waals surface area contributed by atoms with Gasteiger partial charge in [-0.2, -0.15) is 4.99 Å². The minimum atomic E-state index is -0.545. The molecule has 19 heavy (non-hydrogen) atoms.